The van der Waals surface area contributed by atoms with Gasteiger partial charge in [0, 0.05) is 18.9 Å². The van der Waals surface area contributed by atoms with E-state index in [1.54, 1.807) is 13.8 Å². The van der Waals surface area contributed by atoms with E-state index < -0.39 is 17.5 Å². The van der Waals surface area contributed by atoms with E-state index in [1.807, 2.05) is 6.92 Å². The molecule has 98 valence electrons. The van der Waals surface area contributed by atoms with Gasteiger partial charge < -0.3 is 14.2 Å². The molecule has 0 spiro atoms. The Bertz CT molecular complexity index is 323. The molecule has 0 radical (unpaired) electrons. The Labute approximate surface area is 103 Å². The number of ether oxygens (including phenoxy) is 3. The molecule has 1 aliphatic heterocycles. The fourth-order valence-corrected chi connectivity index (χ4v) is 1.98. The maximum absolute atomic E-state index is 11.5. The summed E-state index contributed by atoms with van der Waals surface area (Å²) in [5.74, 6) is -1.71. The van der Waals surface area contributed by atoms with Crippen molar-refractivity contribution in [2.24, 2.45) is 5.92 Å². The second-order valence-corrected chi connectivity index (χ2v) is 5.43. The van der Waals surface area contributed by atoms with E-state index in [4.69, 9.17) is 14.2 Å². The number of carbonyl (C=O) groups is 1. The molecule has 1 rings (SSSR count). The maximum atomic E-state index is 11.5. The predicted octanol–water partition coefficient (Wildman–Crippen LogP) is 2.63. The van der Waals surface area contributed by atoms with Gasteiger partial charge in [0.05, 0.1) is 0 Å². The van der Waals surface area contributed by atoms with Gasteiger partial charge in [0.15, 0.2) is 5.79 Å². The van der Waals surface area contributed by atoms with Gasteiger partial charge in [-0.2, -0.15) is 0 Å². The van der Waals surface area contributed by atoms with Crippen LogP contribution in [0.1, 0.15) is 41.0 Å². The van der Waals surface area contributed by atoms with Crippen LogP contribution in [0.5, 0.6) is 0 Å². The molecule has 0 saturated carbocycles. The van der Waals surface area contributed by atoms with Crippen LogP contribution in [-0.4, -0.2) is 24.2 Å². The van der Waals surface area contributed by atoms with Crippen LogP contribution in [0.2, 0.25) is 0 Å². The topological polar surface area (TPSA) is 44.8 Å². The summed E-state index contributed by atoms with van der Waals surface area (Å²) in [5, 5.41) is 0. The highest BCUT2D eigenvalue weighted by Crippen LogP contribution is 2.36. The van der Waals surface area contributed by atoms with Crippen LogP contribution in [0.4, 0.5) is 0 Å². The Kier molecular flexibility index (Phi) is 3.99. The summed E-state index contributed by atoms with van der Waals surface area (Å²) in [6.45, 7) is 13.2. The van der Waals surface area contributed by atoms with Crippen LogP contribution in [0, 0.1) is 5.92 Å². The fourth-order valence-electron chi connectivity index (χ4n) is 1.98. The zero-order valence-electron chi connectivity index (χ0n) is 11.3. The van der Waals surface area contributed by atoms with Crippen LogP contribution >= 0.6 is 0 Å². The van der Waals surface area contributed by atoms with Crippen molar-refractivity contribution >= 4 is 5.97 Å². The molecule has 0 aromatic heterocycles. The van der Waals surface area contributed by atoms with E-state index in [0.717, 1.165) is 6.42 Å². The van der Waals surface area contributed by atoms with Gasteiger partial charge in [0.2, 0.25) is 5.79 Å². The Morgan fingerprint density at radius 1 is 1.47 bits per heavy atom. The first-order valence-corrected chi connectivity index (χ1v) is 5.89. The lowest BCUT2D eigenvalue weighted by atomic mass is 10.0. The summed E-state index contributed by atoms with van der Waals surface area (Å²) in [6, 6.07) is 0. The molecule has 4 nitrogen and oxygen atoms in total. The lowest BCUT2D eigenvalue weighted by Gasteiger charge is -2.28. The molecule has 17 heavy (non-hydrogen) atoms. The third-order valence-electron chi connectivity index (χ3n) is 2.51. The van der Waals surface area contributed by atoms with Crippen molar-refractivity contribution in [3.63, 3.8) is 0 Å². The van der Waals surface area contributed by atoms with E-state index in [1.165, 1.54) is 0 Å². The summed E-state index contributed by atoms with van der Waals surface area (Å²) in [5.41, 5.74) is 0.354. The van der Waals surface area contributed by atoms with Crippen LogP contribution in [0.25, 0.3) is 0 Å². The van der Waals surface area contributed by atoms with Crippen LogP contribution in [0.15, 0.2) is 12.2 Å². The minimum absolute atomic E-state index is 0.245. The van der Waals surface area contributed by atoms with Crippen molar-refractivity contribution in [1.29, 1.82) is 0 Å². The largest absolute Gasteiger partial charge is 0.427 e. The van der Waals surface area contributed by atoms with Gasteiger partial charge in [0.25, 0.3) is 0 Å². The van der Waals surface area contributed by atoms with Gasteiger partial charge in [-0.3, -0.25) is 0 Å². The number of carbonyl (C=O) groups excluding carboxylic acids is 1. The summed E-state index contributed by atoms with van der Waals surface area (Å²) in [7, 11) is 0. The van der Waals surface area contributed by atoms with Crippen molar-refractivity contribution in [1.82, 2.24) is 0 Å². The van der Waals surface area contributed by atoms with Crippen molar-refractivity contribution in [3.05, 3.63) is 12.2 Å². The molecule has 1 fully saturated rings. The molecular weight excluding hydrogens is 220 g/mol. The van der Waals surface area contributed by atoms with Crippen LogP contribution in [-0.2, 0) is 19.0 Å². The third kappa shape index (κ3) is 3.82. The molecular formula is C13H22O4. The van der Waals surface area contributed by atoms with Gasteiger partial charge in [-0.15, -0.1) is 0 Å². The molecule has 0 aliphatic carbocycles. The average molecular weight is 242 g/mol. The highest BCUT2D eigenvalue weighted by molar-refractivity contribution is 5.87. The van der Waals surface area contributed by atoms with Gasteiger partial charge in [-0.05, 0) is 19.8 Å². The molecule has 4 heteroatoms. The Morgan fingerprint density at radius 3 is 2.53 bits per heavy atom. The lowest BCUT2D eigenvalue weighted by Crippen LogP contribution is -2.37. The Hall–Kier alpha value is -0.870. The van der Waals surface area contributed by atoms with Crippen molar-refractivity contribution in [2.75, 3.05) is 6.61 Å². The SMILES string of the molecule is C=C(C)C(=O)OC1(C)COC(C)(CC(C)C)O1. The van der Waals surface area contributed by atoms with Crippen LogP contribution in [0.3, 0.4) is 0 Å². The predicted molar refractivity (Wildman–Crippen MR) is 64.2 cm³/mol. The molecule has 0 N–H and O–H groups in total. The fraction of sp³-hybridized carbons (Fsp3) is 0.769. The van der Waals surface area contributed by atoms with Gasteiger partial charge in [0.1, 0.15) is 6.61 Å². The molecule has 0 aromatic carbocycles. The number of rotatable bonds is 4. The lowest BCUT2D eigenvalue weighted by molar-refractivity contribution is -0.246. The summed E-state index contributed by atoms with van der Waals surface area (Å²) < 4.78 is 16.6. The first-order valence-electron chi connectivity index (χ1n) is 5.89. The zero-order valence-corrected chi connectivity index (χ0v) is 11.3. The molecule has 1 saturated heterocycles. The summed E-state index contributed by atoms with van der Waals surface area (Å²) in [4.78, 5) is 11.5. The molecule has 1 aliphatic rings. The molecule has 1 heterocycles. The van der Waals surface area contributed by atoms with E-state index in [-0.39, 0.29) is 6.61 Å². The first kappa shape index (κ1) is 14.2. The third-order valence-corrected chi connectivity index (χ3v) is 2.51. The quantitative estimate of drug-likeness (QED) is 0.561. The first-order chi connectivity index (χ1) is 7.66. The van der Waals surface area contributed by atoms with E-state index >= 15 is 0 Å². The molecule has 0 bridgehead atoms. The van der Waals surface area contributed by atoms with Crippen molar-refractivity contribution < 1.29 is 19.0 Å². The summed E-state index contributed by atoms with van der Waals surface area (Å²) in [6.07, 6.45) is 0.757. The number of esters is 1. The minimum atomic E-state index is -1.01. The maximum Gasteiger partial charge on any atom is 0.335 e. The Morgan fingerprint density at radius 2 is 2.06 bits per heavy atom. The van der Waals surface area contributed by atoms with Crippen molar-refractivity contribution in [3.8, 4) is 0 Å². The van der Waals surface area contributed by atoms with E-state index in [0.29, 0.717) is 11.5 Å². The average Bonchev–Trinajstić information content (AvgIpc) is 2.40. The zero-order chi connectivity index (χ0) is 13.3. The number of hydrogen-bond donors (Lipinski definition) is 0. The highest BCUT2D eigenvalue weighted by atomic mass is 16.8. The summed E-state index contributed by atoms with van der Waals surface area (Å²) >= 11 is 0. The van der Waals surface area contributed by atoms with Gasteiger partial charge in [-0.25, -0.2) is 4.79 Å². The van der Waals surface area contributed by atoms with Gasteiger partial charge >= 0.3 is 5.97 Å². The number of hydrogen-bond acceptors (Lipinski definition) is 4. The normalized spacial score (nSPS) is 32.8. The molecule has 0 amide bonds. The highest BCUT2D eigenvalue weighted by Gasteiger charge is 2.47. The monoisotopic (exact) mass is 242 g/mol. The van der Waals surface area contributed by atoms with E-state index in [2.05, 4.69) is 20.4 Å². The van der Waals surface area contributed by atoms with E-state index in [9.17, 15) is 4.79 Å². The smallest absolute Gasteiger partial charge is 0.335 e. The van der Waals surface area contributed by atoms with Crippen molar-refractivity contribution in [2.45, 2.75) is 52.6 Å². The Balaban J connectivity index is 2.64. The standard InChI is InChI=1S/C13H22O4/c1-9(2)7-12(5)15-8-13(6,17-12)16-11(14)10(3)4/h9H,3,7-8H2,1-2,4-6H3. The second-order valence-electron chi connectivity index (χ2n) is 5.43. The van der Waals surface area contributed by atoms with Gasteiger partial charge in [-0.1, -0.05) is 20.4 Å². The molecule has 2 atom stereocenters. The minimum Gasteiger partial charge on any atom is -0.427 e. The second kappa shape index (κ2) is 4.78. The van der Waals surface area contributed by atoms with Crippen LogP contribution < -0.4 is 0 Å². The molecule has 0 aromatic rings. The molecule has 2 unspecified atom stereocenters.